The predicted molar refractivity (Wildman–Crippen MR) is 94.1 cm³/mol. The van der Waals surface area contributed by atoms with E-state index in [2.05, 4.69) is 5.32 Å². The lowest BCUT2D eigenvalue weighted by atomic mass is 10.1. The summed E-state index contributed by atoms with van der Waals surface area (Å²) in [5, 5.41) is 22.9. The van der Waals surface area contributed by atoms with Gasteiger partial charge in [0.25, 0.3) is 0 Å². The topological polar surface area (TPSA) is 78.8 Å². The number of nitrogens with one attached hydrogen (secondary N) is 1. The molecule has 0 aliphatic carbocycles. The van der Waals surface area contributed by atoms with Gasteiger partial charge in [-0.05, 0) is 24.6 Å². The summed E-state index contributed by atoms with van der Waals surface area (Å²) in [6.45, 7) is 1.81. The Morgan fingerprint density at radius 1 is 1.25 bits per heavy atom. The number of carbonyl (C=O) groups is 1. The van der Waals surface area contributed by atoms with E-state index in [0.717, 1.165) is 5.56 Å². The zero-order valence-electron chi connectivity index (χ0n) is 13.3. The first-order valence-electron chi connectivity index (χ1n) is 7.54. The van der Waals surface area contributed by atoms with E-state index in [9.17, 15) is 15.0 Å². The van der Waals surface area contributed by atoms with Crippen LogP contribution in [0, 0.1) is 0 Å². The molecule has 2 aromatic rings. The van der Waals surface area contributed by atoms with E-state index >= 15 is 0 Å². The summed E-state index contributed by atoms with van der Waals surface area (Å²) in [6, 6.07) is 12.7. The number of anilines is 1. The minimum absolute atomic E-state index is 0.0559. The second kappa shape index (κ2) is 8.57. The van der Waals surface area contributed by atoms with Gasteiger partial charge in [0.15, 0.2) is 11.5 Å². The average Bonchev–Trinajstić information content (AvgIpc) is 2.59. The molecular weight excluding hydrogens is 330 g/mol. The van der Waals surface area contributed by atoms with E-state index in [1.54, 1.807) is 6.07 Å². The van der Waals surface area contributed by atoms with Crippen LogP contribution in [0.1, 0.15) is 22.8 Å². The highest BCUT2D eigenvalue weighted by atomic mass is 35.5. The molecule has 0 fully saturated rings. The number of rotatable bonds is 8. The lowest BCUT2D eigenvalue weighted by molar-refractivity contribution is 0.101. The smallest absolute Gasteiger partial charge is 0.163 e. The van der Waals surface area contributed by atoms with E-state index < -0.39 is 6.10 Å². The standard InChI is InChI=1S/C18H20ClNO4/c1-12(21)15-7-8-16(24-11-13-5-3-2-4-6-13)17(18(15)23)20-10-14(22)9-19/h2-8,14,20,22-23H,9-11H2,1H3. The molecule has 1 unspecified atom stereocenters. The third kappa shape index (κ3) is 4.63. The van der Waals surface area contributed by atoms with Crippen molar-refractivity contribution in [3.63, 3.8) is 0 Å². The van der Waals surface area contributed by atoms with Crippen LogP contribution in [0.15, 0.2) is 42.5 Å². The van der Waals surface area contributed by atoms with E-state index in [-0.39, 0.29) is 35.2 Å². The zero-order chi connectivity index (χ0) is 17.5. The third-order valence-electron chi connectivity index (χ3n) is 3.45. The molecule has 3 N–H and O–H groups in total. The van der Waals surface area contributed by atoms with Crippen LogP contribution in [0.3, 0.4) is 0 Å². The van der Waals surface area contributed by atoms with Gasteiger partial charge in [-0.25, -0.2) is 0 Å². The minimum atomic E-state index is -0.783. The molecule has 0 aliphatic heterocycles. The van der Waals surface area contributed by atoms with Crippen LogP contribution in [0.2, 0.25) is 0 Å². The molecule has 5 nitrogen and oxygen atoms in total. The summed E-state index contributed by atoms with van der Waals surface area (Å²) in [5.41, 5.74) is 1.42. The van der Waals surface area contributed by atoms with Crippen molar-refractivity contribution in [2.24, 2.45) is 0 Å². The Bertz CT molecular complexity index is 691. The van der Waals surface area contributed by atoms with Crippen LogP contribution >= 0.6 is 11.6 Å². The first-order chi connectivity index (χ1) is 11.5. The van der Waals surface area contributed by atoms with Gasteiger partial charge in [-0.2, -0.15) is 0 Å². The number of phenols is 1. The number of hydrogen-bond donors (Lipinski definition) is 3. The monoisotopic (exact) mass is 349 g/mol. The number of aliphatic hydroxyl groups is 1. The average molecular weight is 350 g/mol. The zero-order valence-corrected chi connectivity index (χ0v) is 14.1. The first-order valence-corrected chi connectivity index (χ1v) is 8.08. The maximum Gasteiger partial charge on any atom is 0.163 e. The molecule has 6 heteroatoms. The molecule has 0 saturated heterocycles. The SMILES string of the molecule is CC(=O)c1ccc(OCc2ccccc2)c(NCC(O)CCl)c1O. The summed E-state index contributed by atoms with van der Waals surface area (Å²) in [7, 11) is 0. The number of alkyl halides is 1. The number of hydrogen-bond acceptors (Lipinski definition) is 5. The lowest BCUT2D eigenvalue weighted by Gasteiger charge is -2.17. The van der Waals surface area contributed by atoms with Crippen molar-refractivity contribution in [3.05, 3.63) is 53.6 Å². The fraction of sp³-hybridized carbons (Fsp3) is 0.278. The molecule has 24 heavy (non-hydrogen) atoms. The van der Waals surface area contributed by atoms with Gasteiger partial charge in [-0.1, -0.05) is 30.3 Å². The van der Waals surface area contributed by atoms with Crippen molar-refractivity contribution in [1.82, 2.24) is 0 Å². The summed E-state index contributed by atoms with van der Waals surface area (Å²) in [5.74, 6) is -0.0126. The van der Waals surface area contributed by atoms with Crippen LogP contribution in [-0.2, 0) is 6.61 Å². The Morgan fingerprint density at radius 2 is 1.96 bits per heavy atom. The van der Waals surface area contributed by atoms with Gasteiger partial charge in [-0.3, -0.25) is 4.79 Å². The molecule has 0 heterocycles. The van der Waals surface area contributed by atoms with Gasteiger partial charge >= 0.3 is 0 Å². The first kappa shape index (κ1) is 18.1. The number of benzene rings is 2. The van der Waals surface area contributed by atoms with Crippen molar-refractivity contribution in [2.45, 2.75) is 19.6 Å². The Morgan fingerprint density at radius 3 is 2.58 bits per heavy atom. The van der Waals surface area contributed by atoms with E-state index in [1.165, 1.54) is 13.0 Å². The summed E-state index contributed by atoms with van der Waals surface area (Å²) < 4.78 is 5.76. The Hall–Kier alpha value is -2.24. The van der Waals surface area contributed by atoms with E-state index in [1.807, 2.05) is 30.3 Å². The van der Waals surface area contributed by atoms with Gasteiger partial charge in [-0.15, -0.1) is 11.6 Å². The molecule has 128 valence electrons. The van der Waals surface area contributed by atoms with E-state index in [0.29, 0.717) is 12.4 Å². The predicted octanol–water partition coefficient (Wildman–Crippen LogP) is 3.19. The molecule has 0 aromatic heterocycles. The number of phenolic OH excluding ortho intramolecular Hbond substituents is 1. The summed E-state index contributed by atoms with van der Waals surface area (Å²) in [6.07, 6.45) is -0.783. The highest BCUT2D eigenvalue weighted by molar-refractivity contribution is 6.18. The molecule has 0 amide bonds. The number of aromatic hydroxyl groups is 1. The van der Waals surface area contributed by atoms with Crippen LogP contribution < -0.4 is 10.1 Å². The van der Waals surface area contributed by atoms with Gasteiger partial charge in [0.05, 0.1) is 17.5 Å². The highest BCUT2D eigenvalue weighted by Crippen LogP contribution is 2.37. The molecule has 0 bridgehead atoms. The quantitative estimate of drug-likeness (QED) is 0.387. The number of ether oxygens (including phenoxy) is 1. The number of halogens is 1. The Kier molecular flexibility index (Phi) is 6.46. The van der Waals surface area contributed by atoms with Crippen molar-refractivity contribution in [1.29, 1.82) is 0 Å². The molecule has 0 radical (unpaired) electrons. The summed E-state index contributed by atoms with van der Waals surface area (Å²) in [4.78, 5) is 11.6. The number of aliphatic hydroxyl groups excluding tert-OH is 1. The molecular formula is C18H20ClNO4. The normalized spacial score (nSPS) is 11.8. The van der Waals surface area contributed by atoms with Crippen molar-refractivity contribution < 1.29 is 19.7 Å². The lowest BCUT2D eigenvalue weighted by Crippen LogP contribution is -2.21. The Balaban J connectivity index is 2.24. The molecule has 1 atom stereocenters. The molecule has 0 saturated carbocycles. The highest BCUT2D eigenvalue weighted by Gasteiger charge is 2.17. The van der Waals surface area contributed by atoms with Crippen LogP contribution in [0.5, 0.6) is 11.5 Å². The molecule has 0 aliphatic rings. The van der Waals surface area contributed by atoms with Crippen molar-refractivity contribution in [2.75, 3.05) is 17.7 Å². The van der Waals surface area contributed by atoms with Crippen LogP contribution in [-0.4, -0.2) is 34.5 Å². The van der Waals surface area contributed by atoms with Crippen molar-refractivity contribution >= 4 is 23.1 Å². The third-order valence-corrected chi connectivity index (χ3v) is 3.80. The number of Topliss-reactive ketones (excluding diaryl/α,β-unsaturated/α-hetero) is 1. The van der Waals surface area contributed by atoms with Gasteiger partial charge < -0.3 is 20.3 Å². The minimum Gasteiger partial charge on any atom is -0.505 e. The van der Waals surface area contributed by atoms with Gasteiger partial charge in [0.2, 0.25) is 0 Å². The fourth-order valence-electron chi connectivity index (χ4n) is 2.16. The molecule has 2 rings (SSSR count). The maximum absolute atomic E-state index is 11.6. The van der Waals surface area contributed by atoms with Gasteiger partial charge in [0.1, 0.15) is 18.0 Å². The molecule has 2 aromatic carbocycles. The maximum atomic E-state index is 11.6. The molecule has 0 spiro atoms. The second-order valence-corrected chi connectivity index (χ2v) is 5.66. The van der Waals surface area contributed by atoms with Gasteiger partial charge in [0, 0.05) is 6.54 Å². The van der Waals surface area contributed by atoms with Crippen LogP contribution in [0.25, 0.3) is 0 Å². The number of ketones is 1. The largest absolute Gasteiger partial charge is 0.505 e. The van der Waals surface area contributed by atoms with Crippen LogP contribution in [0.4, 0.5) is 5.69 Å². The second-order valence-electron chi connectivity index (χ2n) is 5.35. The van der Waals surface area contributed by atoms with Crippen molar-refractivity contribution in [3.8, 4) is 11.5 Å². The Labute approximate surface area is 145 Å². The van der Waals surface area contributed by atoms with E-state index in [4.69, 9.17) is 16.3 Å². The number of carbonyl (C=O) groups excluding carboxylic acids is 1. The fourth-order valence-corrected chi connectivity index (χ4v) is 2.27. The summed E-state index contributed by atoms with van der Waals surface area (Å²) >= 11 is 5.58.